The highest BCUT2D eigenvalue weighted by atomic mass is 127. The number of aromatic nitrogens is 1. The van der Waals surface area contributed by atoms with Gasteiger partial charge in [-0.15, -0.1) is 24.0 Å². The highest BCUT2D eigenvalue weighted by molar-refractivity contribution is 14.0. The molecule has 4 rings (SSSR count). The maximum Gasteiger partial charge on any atom is 0.387 e. The molecule has 180 valence electrons. The first-order chi connectivity index (χ1) is 15.6. The Morgan fingerprint density at radius 2 is 1.88 bits per heavy atom. The normalized spacial score (nSPS) is 15.3. The van der Waals surface area contributed by atoms with Gasteiger partial charge in [-0.25, -0.2) is 4.98 Å². The lowest BCUT2D eigenvalue weighted by molar-refractivity contribution is -0.0505. The van der Waals surface area contributed by atoms with E-state index < -0.39 is 6.61 Å². The van der Waals surface area contributed by atoms with Gasteiger partial charge in [0.15, 0.2) is 17.5 Å². The van der Waals surface area contributed by atoms with Crippen molar-refractivity contribution >= 4 is 29.9 Å². The Morgan fingerprint density at radius 3 is 2.55 bits per heavy atom. The molecule has 8 nitrogen and oxygen atoms in total. The minimum atomic E-state index is -2.94. The average molecular weight is 576 g/mol. The van der Waals surface area contributed by atoms with Crippen molar-refractivity contribution in [3.63, 3.8) is 0 Å². The Labute approximate surface area is 208 Å². The molecule has 2 aromatic rings. The topological polar surface area (TPSA) is 86.2 Å². The second-order valence-electron chi connectivity index (χ2n) is 7.50. The summed E-state index contributed by atoms with van der Waals surface area (Å²) in [6.45, 7) is -2.22. The average Bonchev–Trinajstić information content (AvgIpc) is 3.46. The molecule has 1 aromatic carbocycles. The monoisotopic (exact) mass is 576 g/mol. The molecule has 1 saturated carbocycles. The Morgan fingerprint density at radius 1 is 1.15 bits per heavy atom. The molecular formula is C22H27F2IN4O4. The number of alkyl halides is 2. The van der Waals surface area contributed by atoms with E-state index in [0.717, 1.165) is 18.4 Å². The van der Waals surface area contributed by atoms with E-state index in [0.29, 0.717) is 35.4 Å². The fourth-order valence-electron chi connectivity index (χ4n) is 3.66. The molecule has 0 radical (unpaired) electrons. The highest BCUT2D eigenvalue weighted by Crippen LogP contribution is 2.38. The van der Waals surface area contributed by atoms with Crippen LogP contribution in [-0.2, 0) is 13.1 Å². The first-order valence-corrected chi connectivity index (χ1v) is 10.5. The highest BCUT2D eigenvalue weighted by Gasteiger charge is 2.20. The molecule has 1 aliphatic carbocycles. The SMILES string of the molecule is CN=C(NCc1ccc(OC2CCCC2)nc1)NCc1cc2c(cc1OC(F)F)OCO2.I. The summed E-state index contributed by atoms with van der Waals surface area (Å²) in [6.07, 6.45) is 6.61. The molecule has 2 N–H and O–H groups in total. The van der Waals surface area contributed by atoms with E-state index in [1.807, 2.05) is 12.1 Å². The van der Waals surface area contributed by atoms with E-state index in [1.54, 1.807) is 19.3 Å². The largest absolute Gasteiger partial charge is 0.474 e. The van der Waals surface area contributed by atoms with Crippen LogP contribution in [0.5, 0.6) is 23.1 Å². The van der Waals surface area contributed by atoms with Crippen LogP contribution in [0, 0.1) is 0 Å². The molecule has 1 aromatic heterocycles. The van der Waals surface area contributed by atoms with E-state index >= 15 is 0 Å². The number of nitrogens with zero attached hydrogens (tertiary/aromatic N) is 2. The van der Waals surface area contributed by atoms with Crippen molar-refractivity contribution in [2.24, 2.45) is 4.99 Å². The molecule has 2 aliphatic rings. The first-order valence-electron chi connectivity index (χ1n) is 10.5. The molecule has 11 heteroatoms. The van der Waals surface area contributed by atoms with Crippen molar-refractivity contribution < 1.29 is 27.7 Å². The lowest BCUT2D eigenvalue weighted by Crippen LogP contribution is -2.36. The van der Waals surface area contributed by atoms with E-state index in [4.69, 9.17) is 14.2 Å². The number of pyridine rings is 1. The van der Waals surface area contributed by atoms with Crippen LogP contribution < -0.4 is 29.6 Å². The van der Waals surface area contributed by atoms with Crippen LogP contribution in [0.1, 0.15) is 36.8 Å². The van der Waals surface area contributed by atoms with E-state index in [1.165, 1.54) is 18.9 Å². The number of nitrogens with one attached hydrogen (secondary N) is 2. The van der Waals surface area contributed by atoms with Gasteiger partial charge in [0.05, 0.1) is 0 Å². The summed E-state index contributed by atoms with van der Waals surface area (Å²) in [6, 6.07) is 6.84. The molecule has 0 spiro atoms. The van der Waals surface area contributed by atoms with Crippen molar-refractivity contribution in [2.75, 3.05) is 13.8 Å². The minimum Gasteiger partial charge on any atom is -0.474 e. The number of benzene rings is 1. The van der Waals surface area contributed by atoms with Crippen molar-refractivity contribution in [3.8, 4) is 23.1 Å². The van der Waals surface area contributed by atoms with Gasteiger partial charge in [-0.2, -0.15) is 8.78 Å². The molecular weight excluding hydrogens is 549 g/mol. The van der Waals surface area contributed by atoms with E-state index in [9.17, 15) is 8.78 Å². The van der Waals surface area contributed by atoms with Crippen molar-refractivity contribution in [1.29, 1.82) is 0 Å². The maximum atomic E-state index is 12.8. The Kier molecular flexibility index (Phi) is 9.15. The number of halogens is 3. The van der Waals surface area contributed by atoms with Gasteiger partial charge in [-0.05, 0) is 37.3 Å². The summed E-state index contributed by atoms with van der Waals surface area (Å²) in [5.74, 6) is 2.01. The number of guanidine groups is 1. The summed E-state index contributed by atoms with van der Waals surface area (Å²) in [4.78, 5) is 8.55. The summed E-state index contributed by atoms with van der Waals surface area (Å²) in [5.41, 5.74) is 1.45. The van der Waals surface area contributed by atoms with Crippen LogP contribution in [0.25, 0.3) is 0 Å². The van der Waals surface area contributed by atoms with E-state index in [2.05, 4.69) is 25.3 Å². The van der Waals surface area contributed by atoms with Gasteiger partial charge in [-0.1, -0.05) is 6.07 Å². The number of ether oxygens (including phenoxy) is 4. The summed E-state index contributed by atoms with van der Waals surface area (Å²) < 4.78 is 46.7. The Bertz CT molecular complexity index is 941. The minimum absolute atomic E-state index is 0. The fourth-order valence-corrected chi connectivity index (χ4v) is 3.66. The summed E-state index contributed by atoms with van der Waals surface area (Å²) in [5, 5.41) is 6.27. The quantitative estimate of drug-likeness (QED) is 0.277. The van der Waals surface area contributed by atoms with Crippen LogP contribution in [0.2, 0.25) is 0 Å². The third-order valence-corrected chi connectivity index (χ3v) is 5.29. The molecule has 33 heavy (non-hydrogen) atoms. The van der Waals surface area contributed by atoms with Gasteiger partial charge < -0.3 is 29.6 Å². The summed E-state index contributed by atoms with van der Waals surface area (Å²) >= 11 is 0. The van der Waals surface area contributed by atoms with Crippen LogP contribution in [0.3, 0.4) is 0 Å². The molecule has 2 heterocycles. The number of aliphatic imine (C=N–C) groups is 1. The molecule has 1 aliphatic heterocycles. The van der Waals surface area contributed by atoms with Crippen molar-refractivity contribution in [1.82, 2.24) is 15.6 Å². The van der Waals surface area contributed by atoms with Gasteiger partial charge >= 0.3 is 6.61 Å². The number of fused-ring (bicyclic) bond motifs is 1. The second-order valence-corrected chi connectivity index (χ2v) is 7.50. The van der Waals surface area contributed by atoms with Crippen LogP contribution >= 0.6 is 24.0 Å². The zero-order valence-electron chi connectivity index (χ0n) is 18.2. The second kappa shape index (κ2) is 12.1. The summed E-state index contributed by atoms with van der Waals surface area (Å²) in [7, 11) is 1.63. The first kappa shape index (κ1) is 25.1. The van der Waals surface area contributed by atoms with Crippen LogP contribution in [-0.4, -0.2) is 37.5 Å². The van der Waals surface area contributed by atoms with Crippen LogP contribution in [0.4, 0.5) is 8.78 Å². The third-order valence-electron chi connectivity index (χ3n) is 5.29. The Hall–Kier alpha value is -2.57. The predicted molar refractivity (Wildman–Crippen MR) is 129 cm³/mol. The standard InChI is InChI=1S/C22H26F2N4O4.HI/c1-25-22(27-11-14-6-7-20(26-10-14)31-16-4-2-3-5-16)28-12-15-8-18-19(30-13-29-18)9-17(15)32-21(23)24;/h6-10,16,21H,2-5,11-13H2,1H3,(H2,25,27,28);1H. The maximum absolute atomic E-state index is 12.8. The number of hydrogen-bond donors (Lipinski definition) is 2. The van der Waals surface area contributed by atoms with Gasteiger partial charge in [0.25, 0.3) is 0 Å². The molecule has 1 fully saturated rings. The van der Waals surface area contributed by atoms with Gasteiger partial charge in [-0.3, -0.25) is 4.99 Å². The molecule has 0 amide bonds. The predicted octanol–water partition coefficient (Wildman–Crippen LogP) is 4.22. The van der Waals surface area contributed by atoms with Crippen LogP contribution in [0.15, 0.2) is 35.5 Å². The lowest BCUT2D eigenvalue weighted by Gasteiger charge is -2.15. The smallest absolute Gasteiger partial charge is 0.387 e. The van der Waals surface area contributed by atoms with Crippen molar-refractivity contribution in [2.45, 2.75) is 51.5 Å². The number of hydrogen-bond acceptors (Lipinski definition) is 6. The molecule has 0 unspecified atom stereocenters. The zero-order chi connectivity index (χ0) is 22.3. The van der Waals surface area contributed by atoms with Gasteiger partial charge in [0.2, 0.25) is 12.7 Å². The zero-order valence-corrected chi connectivity index (χ0v) is 20.5. The molecule has 0 atom stereocenters. The fraction of sp³-hybridized carbons (Fsp3) is 0.455. The third kappa shape index (κ3) is 6.95. The molecule has 0 saturated heterocycles. The lowest BCUT2D eigenvalue weighted by atomic mass is 10.1. The van der Waals surface area contributed by atoms with Gasteiger partial charge in [0, 0.05) is 44.0 Å². The van der Waals surface area contributed by atoms with E-state index in [-0.39, 0.29) is 49.2 Å². The van der Waals surface area contributed by atoms with Crippen molar-refractivity contribution in [3.05, 3.63) is 41.6 Å². The Balaban J connectivity index is 0.00000306. The molecule has 0 bridgehead atoms. The number of rotatable bonds is 8. The van der Waals surface area contributed by atoms with Gasteiger partial charge in [0.1, 0.15) is 11.9 Å².